The zero-order valence-electron chi connectivity index (χ0n) is 4.50. The summed E-state index contributed by atoms with van der Waals surface area (Å²) in [7, 11) is 0. The van der Waals surface area contributed by atoms with Crippen LogP contribution in [0.4, 0.5) is 0 Å². The maximum absolute atomic E-state index is 9.86. The molecule has 0 aromatic rings. The molecule has 0 aromatic heterocycles. The molecule has 0 spiro atoms. The average molecular weight is 112 g/mol. The SMILES string of the molecule is O=CCN1C=CNC1. The van der Waals surface area contributed by atoms with Crippen molar-refractivity contribution in [2.45, 2.75) is 0 Å². The highest BCUT2D eigenvalue weighted by molar-refractivity contribution is 5.52. The van der Waals surface area contributed by atoms with Crippen molar-refractivity contribution in [1.29, 1.82) is 0 Å². The molecular formula is C5H8N2O. The van der Waals surface area contributed by atoms with Crippen LogP contribution in [0.1, 0.15) is 0 Å². The summed E-state index contributed by atoms with van der Waals surface area (Å²) in [6.45, 7) is 1.25. The molecule has 0 saturated carbocycles. The molecule has 0 aromatic carbocycles. The summed E-state index contributed by atoms with van der Waals surface area (Å²) in [4.78, 5) is 11.7. The third-order valence-electron chi connectivity index (χ3n) is 1.01. The Morgan fingerprint density at radius 2 is 2.75 bits per heavy atom. The van der Waals surface area contributed by atoms with Gasteiger partial charge in [-0.1, -0.05) is 0 Å². The van der Waals surface area contributed by atoms with Crippen molar-refractivity contribution in [1.82, 2.24) is 10.2 Å². The minimum atomic E-state index is 0.490. The quantitative estimate of drug-likeness (QED) is 0.490. The molecule has 0 bridgehead atoms. The Morgan fingerprint density at radius 3 is 3.25 bits per heavy atom. The van der Waals surface area contributed by atoms with Gasteiger partial charge in [0, 0.05) is 12.4 Å². The minimum Gasteiger partial charge on any atom is -0.373 e. The normalized spacial score (nSPS) is 16.2. The first-order valence-corrected chi connectivity index (χ1v) is 2.51. The van der Waals surface area contributed by atoms with Crippen LogP contribution in [0.15, 0.2) is 12.4 Å². The first-order chi connectivity index (χ1) is 3.93. The van der Waals surface area contributed by atoms with Crippen LogP contribution >= 0.6 is 0 Å². The fourth-order valence-electron chi connectivity index (χ4n) is 0.602. The third kappa shape index (κ3) is 0.992. The van der Waals surface area contributed by atoms with E-state index in [0.717, 1.165) is 13.0 Å². The summed E-state index contributed by atoms with van der Waals surface area (Å²) in [5.41, 5.74) is 0. The summed E-state index contributed by atoms with van der Waals surface area (Å²) in [6.07, 6.45) is 4.56. The van der Waals surface area contributed by atoms with Gasteiger partial charge in [0.05, 0.1) is 13.2 Å². The molecule has 0 saturated heterocycles. The lowest BCUT2D eigenvalue weighted by Gasteiger charge is -2.08. The van der Waals surface area contributed by atoms with Gasteiger partial charge in [-0.3, -0.25) is 0 Å². The second-order valence-electron chi connectivity index (χ2n) is 1.62. The number of carbonyl (C=O) groups is 1. The second kappa shape index (κ2) is 2.35. The van der Waals surface area contributed by atoms with Gasteiger partial charge >= 0.3 is 0 Å². The largest absolute Gasteiger partial charge is 0.373 e. The van der Waals surface area contributed by atoms with E-state index < -0.39 is 0 Å². The molecule has 3 heteroatoms. The molecule has 0 unspecified atom stereocenters. The summed E-state index contributed by atoms with van der Waals surface area (Å²) in [6, 6.07) is 0. The fourth-order valence-corrected chi connectivity index (χ4v) is 0.602. The molecule has 0 fully saturated rings. The van der Waals surface area contributed by atoms with Gasteiger partial charge in [-0.15, -0.1) is 0 Å². The first-order valence-electron chi connectivity index (χ1n) is 2.51. The van der Waals surface area contributed by atoms with Crippen molar-refractivity contribution in [3.05, 3.63) is 12.4 Å². The van der Waals surface area contributed by atoms with E-state index in [1.165, 1.54) is 0 Å². The highest BCUT2D eigenvalue weighted by Gasteiger charge is 1.98. The van der Waals surface area contributed by atoms with Gasteiger partial charge in [0.2, 0.25) is 0 Å². The number of hydrogen-bond donors (Lipinski definition) is 1. The minimum absolute atomic E-state index is 0.490. The Hall–Kier alpha value is -0.990. The standard InChI is InChI=1S/C5H8N2O/c8-4-3-7-2-1-6-5-7/h1-2,4,6H,3,5H2. The number of rotatable bonds is 2. The van der Waals surface area contributed by atoms with E-state index in [-0.39, 0.29) is 0 Å². The van der Waals surface area contributed by atoms with E-state index in [4.69, 9.17) is 0 Å². The lowest BCUT2D eigenvalue weighted by atomic mass is 10.6. The predicted octanol–water partition coefficient (Wildman–Crippen LogP) is -0.481. The molecule has 0 atom stereocenters. The van der Waals surface area contributed by atoms with Crippen LogP contribution in [0.5, 0.6) is 0 Å². The fraction of sp³-hybridized carbons (Fsp3) is 0.400. The molecule has 0 amide bonds. The van der Waals surface area contributed by atoms with Crippen LogP contribution in [0.25, 0.3) is 0 Å². The number of hydrogen-bond acceptors (Lipinski definition) is 3. The molecular weight excluding hydrogens is 104 g/mol. The van der Waals surface area contributed by atoms with Crippen LogP contribution < -0.4 is 5.32 Å². The molecule has 1 aliphatic heterocycles. The van der Waals surface area contributed by atoms with Gasteiger partial charge in [0.15, 0.2) is 0 Å². The number of aldehydes is 1. The van der Waals surface area contributed by atoms with Crippen molar-refractivity contribution >= 4 is 6.29 Å². The third-order valence-corrected chi connectivity index (χ3v) is 1.01. The monoisotopic (exact) mass is 112 g/mol. The molecule has 0 aliphatic carbocycles. The van der Waals surface area contributed by atoms with Gasteiger partial charge in [-0.2, -0.15) is 0 Å². The maximum Gasteiger partial charge on any atom is 0.139 e. The van der Waals surface area contributed by atoms with Crippen LogP contribution in [-0.4, -0.2) is 24.4 Å². The van der Waals surface area contributed by atoms with Gasteiger partial charge < -0.3 is 15.0 Å². The van der Waals surface area contributed by atoms with E-state index in [2.05, 4.69) is 5.32 Å². The number of carbonyl (C=O) groups excluding carboxylic acids is 1. The zero-order chi connectivity index (χ0) is 5.82. The highest BCUT2D eigenvalue weighted by atomic mass is 16.1. The summed E-state index contributed by atoms with van der Waals surface area (Å²) >= 11 is 0. The molecule has 8 heavy (non-hydrogen) atoms. The lowest BCUT2D eigenvalue weighted by molar-refractivity contribution is -0.108. The van der Waals surface area contributed by atoms with E-state index in [1.807, 2.05) is 17.3 Å². The van der Waals surface area contributed by atoms with E-state index in [0.29, 0.717) is 6.54 Å². The van der Waals surface area contributed by atoms with Crippen LogP contribution in [0, 0.1) is 0 Å². The predicted molar refractivity (Wildman–Crippen MR) is 29.9 cm³/mol. The molecule has 44 valence electrons. The van der Waals surface area contributed by atoms with Crippen LogP contribution in [0.3, 0.4) is 0 Å². The van der Waals surface area contributed by atoms with Gasteiger partial charge in [0.25, 0.3) is 0 Å². The van der Waals surface area contributed by atoms with Gasteiger partial charge in [-0.05, 0) is 0 Å². The number of nitrogens with zero attached hydrogens (tertiary/aromatic N) is 1. The zero-order valence-corrected chi connectivity index (χ0v) is 4.50. The molecule has 1 N–H and O–H groups in total. The first kappa shape index (κ1) is 5.15. The van der Waals surface area contributed by atoms with Gasteiger partial charge in [-0.25, -0.2) is 0 Å². The molecule has 1 rings (SSSR count). The topological polar surface area (TPSA) is 32.3 Å². The van der Waals surface area contributed by atoms with Crippen molar-refractivity contribution in [3.63, 3.8) is 0 Å². The second-order valence-corrected chi connectivity index (χ2v) is 1.62. The molecule has 3 nitrogen and oxygen atoms in total. The summed E-state index contributed by atoms with van der Waals surface area (Å²) in [5, 5.41) is 2.94. The van der Waals surface area contributed by atoms with E-state index in [9.17, 15) is 4.79 Å². The summed E-state index contributed by atoms with van der Waals surface area (Å²) in [5.74, 6) is 0. The molecule has 1 heterocycles. The van der Waals surface area contributed by atoms with Crippen molar-refractivity contribution in [2.75, 3.05) is 13.2 Å². The molecule has 1 aliphatic rings. The Bertz CT molecular complexity index is 111. The van der Waals surface area contributed by atoms with E-state index in [1.54, 1.807) is 0 Å². The van der Waals surface area contributed by atoms with Crippen LogP contribution in [0.2, 0.25) is 0 Å². The van der Waals surface area contributed by atoms with Crippen molar-refractivity contribution in [2.24, 2.45) is 0 Å². The smallest absolute Gasteiger partial charge is 0.139 e. The van der Waals surface area contributed by atoms with E-state index >= 15 is 0 Å². The Morgan fingerprint density at radius 1 is 1.88 bits per heavy atom. The summed E-state index contributed by atoms with van der Waals surface area (Å²) < 4.78 is 0. The number of nitrogens with one attached hydrogen (secondary N) is 1. The Kier molecular flexibility index (Phi) is 1.51. The van der Waals surface area contributed by atoms with Crippen molar-refractivity contribution < 1.29 is 4.79 Å². The average Bonchev–Trinajstić information content (AvgIpc) is 2.19. The van der Waals surface area contributed by atoms with Crippen LogP contribution in [-0.2, 0) is 4.79 Å². The Balaban J connectivity index is 2.25. The lowest BCUT2D eigenvalue weighted by Crippen LogP contribution is -2.22. The molecule has 0 radical (unpaired) electrons. The highest BCUT2D eigenvalue weighted by Crippen LogP contribution is 1.89. The Labute approximate surface area is 48.0 Å². The maximum atomic E-state index is 9.86. The van der Waals surface area contributed by atoms with Crippen molar-refractivity contribution in [3.8, 4) is 0 Å². The van der Waals surface area contributed by atoms with Gasteiger partial charge in [0.1, 0.15) is 6.29 Å².